The summed E-state index contributed by atoms with van der Waals surface area (Å²) in [7, 11) is 0. The maximum Gasteiger partial charge on any atom is 0.142 e. The van der Waals surface area contributed by atoms with E-state index in [0.29, 0.717) is 11.8 Å². The molecule has 1 heteroatoms. The molecule has 0 aromatic carbocycles. The van der Waals surface area contributed by atoms with Crippen molar-refractivity contribution in [2.24, 2.45) is 11.8 Å². The molecule has 0 unspecified atom stereocenters. The Balaban J connectivity index is 4.31. The fraction of sp³-hybridized carbons (Fsp3) is 0.583. The Kier molecular flexibility index (Phi) is 6.21. The van der Waals surface area contributed by atoms with Crippen LogP contribution >= 0.6 is 0 Å². The zero-order valence-electron chi connectivity index (χ0n) is 9.08. The fourth-order valence-corrected chi connectivity index (χ4v) is 1.02. The smallest absolute Gasteiger partial charge is 0.142 e. The molecular formula is C12H20O. The highest BCUT2D eigenvalue weighted by Gasteiger charge is 1.99. The zero-order valence-corrected chi connectivity index (χ0v) is 9.08. The Morgan fingerprint density at radius 3 is 2.23 bits per heavy atom. The Morgan fingerprint density at radius 2 is 1.85 bits per heavy atom. The van der Waals surface area contributed by atoms with Crippen LogP contribution in [0.15, 0.2) is 23.8 Å². The van der Waals surface area contributed by atoms with Gasteiger partial charge in [0, 0.05) is 0 Å². The topological polar surface area (TPSA) is 17.1 Å². The number of carbonyl (C=O) groups excluding carboxylic acids is 1. The minimum atomic E-state index is 0.495. The first-order valence-electron chi connectivity index (χ1n) is 4.89. The molecule has 0 rings (SSSR count). The first-order chi connectivity index (χ1) is 6.07. The molecular weight excluding hydrogens is 160 g/mol. The lowest BCUT2D eigenvalue weighted by Crippen LogP contribution is -1.92. The summed E-state index contributed by atoms with van der Waals surface area (Å²) in [6, 6.07) is 0. The average Bonchev–Trinajstić information content (AvgIpc) is 2.03. The van der Waals surface area contributed by atoms with Crippen molar-refractivity contribution in [2.45, 2.75) is 34.1 Å². The monoisotopic (exact) mass is 180 g/mol. The number of aldehydes is 1. The van der Waals surface area contributed by atoms with Gasteiger partial charge in [0.2, 0.25) is 0 Å². The summed E-state index contributed by atoms with van der Waals surface area (Å²) in [6.45, 7) is 8.67. The Labute approximate surface area is 81.5 Å². The second kappa shape index (κ2) is 6.64. The summed E-state index contributed by atoms with van der Waals surface area (Å²) in [5.74, 6) is 1.17. The molecule has 13 heavy (non-hydrogen) atoms. The molecule has 0 atom stereocenters. The van der Waals surface area contributed by atoms with Crippen LogP contribution in [0.5, 0.6) is 0 Å². The molecule has 0 spiro atoms. The van der Waals surface area contributed by atoms with Crippen molar-refractivity contribution in [2.75, 3.05) is 0 Å². The van der Waals surface area contributed by atoms with Crippen molar-refractivity contribution in [3.05, 3.63) is 23.8 Å². The third kappa shape index (κ3) is 6.32. The van der Waals surface area contributed by atoms with Crippen LogP contribution < -0.4 is 0 Å². The van der Waals surface area contributed by atoms with Gasteiger partial charge < -0.3 is 0 Å². The second-order valence-electron chi connectivity index (χ2n) is 3.98. The molecule has 74 valence electrons. The minimum absolute atomic E-state index is 0.495. The molecule has 0 aromatic heterocycles. The molecule has 0 heterocycles. The number of rotatable bonds is 5. The summed E-state index contributed by atoms with van der Waals surface area (Å²) < 4.78 is 0. The van der Waals surface area contributed by atoms with E-state index in [1.807, 2.05) is 6.08 Å². The maximum atomic E-state index is 10.2. The number of carbonyl (C=O) groups is 1. The van der Waals surface area contributed by atoms with Gasteiger partial charge in [-0.1, -0.05) is 39.8 Å². The van der Waals surface area contributed by atoms with Gasteiger partial charge in [-0.2, -0.15) is 0 Å². The van der Waals surface area contributed by atoms with Crippen LogP contribution in [0.3, 0.4) is 0 Å². The molecule has 0 saturated carbocycles. The third-order valence-corrected chi connectivity index (χ3v) is 1.86. The predicted molar refractivity (Wildman–Crippen MR) is 57.6 cm³/mol. The number of allylic oxidation sites excluding steroid dienone is 4. The summed E-state index contributed by atoms with van der Waals surface area (Å²) in [5, 5.41) is 0. The van der Waals surface area contributed by atoms with E-state index in [1.165, 1.54) is 5.57 Å². The molecule has 0 aliphatic carbocycles. The van der Waals surface area contributed by atoms with E-state index in [9.17, 15) is 4.79 Å². The first-order valence-corrected chi connectivity index (χ1v) is 4.89. The SMILES string of the molecule is CC(C)CC=C(C=CC=O)C(C)C. The molecule has 0 aromatic rings. The van der Waals surface area contributed by atoms with Crippen LogP contribution in [0, 0.1) is 11.8 Å². The van der Waals surface area contributed by atoms with Crippen molar-refractivity contribution < 1.29 is 4.79 Å². The predicted octanol–water partition coefficient (Wildman–Crippen LogP) is 3.37. The average molecular weight is 180 g/mol. The maximum absolute atomic E-state index is 10.2. The van der Waals surface area contributed by atoms with Gasteiger partial charge in [0.25, 0.3) is 0 Å². The molecule has 0 amide bonds. The van der Waals surface area contributed by atoms with E-state index in [0.717, 1.165) is 12.7 Å². The quantitative estimate of drug-likeness (QED) is 0.360. The van der Waals surface area contributed by atoms with E-state index in [-0.39, 0.29) is 0 Å². The molecule has 0 aliphatic heterocycles. The van der Waals surface area contributed by atoms with Crippen LogP contribution in [0.1, 0.15) is 34.1 Å². The van der Waals surface area contributed by atoms with Gasteiger partial charge in [-0.25, -0.2) is 0 Å². The van der Waals surface area contributed by atoms with Crippen LogP contribution in [-0.2, 0) is 4.79 Å². The Hall–Kier alpha value is -0.850. The van der Waals surface area contributed by atoms with Crippen molar-refractivity contribution in [3.8, 4) is 0 Å². The summed E-state index contributed by atoms with van der Waals surface area (Å²) >= 11 is 0. The summed E-state index contributed by atoms with van der Waals surface area (Å²) in [4.78, 5) is 10.2. The lowest BCUT2D eigenvalue weighted by Gasteiger charge is -2.07. The molecule has 0 saturated heterocycles. The molecule has 0 fully saturated rings. The molecule has 1 nitrogen and oxygen atoms in total. The van der Waals surface area contributed by atoms with Gasteiger partial charge in [-0.15, -0.1) is 0 Å². The van der Waals surface area contributed by atoms with Crippen LogP contribution in [0.4, 0.5) is 0 Å². The van der Waals surface area contributed by atoms with E-state index < -0.39 is 0 Å². The third-order valence-electron chi connectivity index (χ3n) is 1.86. The van der Waals surface area contributed by atoms with Gasteiger partial charge in [0.05, 0.1) is 0 Å². The lowest BCUT2D eigenvalue weighted by atomic mass is 9.99. The van der Waals surface area contributed by atoms with Gasteiger partial charge in [0.15, 0.2) is 0 Å². The molecule has 0 N–H and O–H groups in total. The summed E-state index contributed by atoms with van der Waals surface area (Å²) in [6.07, 6.45) is 7.59. The van der Waals surface area contributed by atoms with Crippen molar-refractivity contribution in [1.82, 2.24) is 0 Å². The van der Waals surface area contributed by atoms with Crippen LogP contribution in [-0.4, -0.2) is 6.29 Å². The van der Waals surface area contributed by atoms with Crippen LogP contribution in [0.25, 0.3) is 0 Å². The highest BCUT2D eigenvalue weighted by molar-refractivity contribution is 5.65. The number of hydrogen-bond acceptors (Lipinski definition) is 1. The fourth-order valence-electron chi connectivity index (χ4n) is 1.02. The largest absolute Gasteiger partial charge is 0.299 e. The van der Waals surface area contributed by atoms with E-state index in [1.54, 1.807) is 6.08 Å². The highest BCUT2D eigenvalue weighted by Crippen LogP contribution is 2.14. The lowest BCUT2D eigenvalue weighted by molar-refractivity contribution is -0.104. The molecule has 0 radical (unpaired) electrons. The van der Waals surface area contributed by atoms with Gasteiger partial charge in [-0.05, 0) is 29.9 Å². The molecule has 0 bridgehead atoms. The zero-order chi connectivity index (χ0) is 10.3. The van der Waals surface area contributed by atoms with E-state index >= 15 is 0 Å². The van der Waals surface area contributed by atoms with E-state index in [2.05, 4.69) is 33.8 Å². The minimum Gasteiger partial charge on any atom is -0.299 e. The first kappa shape index (κ1) is 12.2. The van der Waals surface area contributed by atoms with E-state index in [4.69, 9.17) is 0 Å². The normalized spacial score (nSPS) is 13.2. The Bertz CT molecular complexity index is 197. The number of hydrogen-bond donors (Lipinski definition) is 0. The van der Waals surface area contributed by atoms with Gasteiger partial charge in [-0.3, -0.25) is 4.79 Å². The standard InChI is InChI=1S/C12H20O/c1-10(2)7-8-12(11(3)4)6-5-9-13/h5-6,8-11H,7H2,1-4H3. The van der Waals surface area contributed by atoms with Gasteiger partial charge in [0.1, 0.15) is 6.29 Å². The van der Waals surface area contributed by atoms with Crippen molar-refractivity contribution in [3.63, 3.8) is 0 Å². The second-order valence-corrected chi connectivity index (χ2v) is 3.98. The Morgan fingerprint density at radius 1 is 1.23 bits per heavy atom. The van der Waals surface area contributed by atoms with Crippen molar-refractivity contribution >= 4 is 6.29 Å². The van der Waals surface area contributed by atoms with Crippen molar-refractivity contribution in [1.29, 1.82) is 0 Å². The molecule has 0 aliphatic rings. The van der Waals surface area contributed by atoms with Crippen LogP contribution in [0.2, 0.25) is 0 Å². The highest BCUT2D eigenvalue weighted by atomic mass is 16.1. The van der Waals surface area contributed by atoms with Gasteiger partial charge >= 0.3 is 0 Å². The summed E-state index contributed by atoms with van der Waals surface area (Å²) in [5.41, 5.74) is 1.25.